The van der Waals surface area contributed by atoms with Crippen molar-refractivity contribution >= 4 is 12.0 Å². The van der Waals surface area contributed by atoms with E-state index in [0.29, 0.717) is 17.6 Å². The third kappa shape index (κ3) is 3.11. The van der Waals surface area contributed by atoms with Crippen molar-refractivity contribution in [2.45, 2.75) is 25.4 Å². The molecule has 0 radical (unpaired) electrons. The van der Waals surface area contributed by atoms with Gasteiger partial charge >= 0.3 is 5.97 Å². The Kier molecular flexibility index (Phi) is 3.32. The van der Waals surface area contributed by atoms with Gasteiger partial charge in [0.1, 0.15) is 0 Å². The smallest absolute Gasteiger partial charge is 0.331 e. The first-order valence-electron chi connectivity index (χ1n) is 6.36. The maximum Gasteiger partial charge on any atom is 0.331 e. The van der Waals surface area contributed by atoms with E-state index in [2.05, 4.69) is 15.2 Å². The lowest BCUT2D eigenvalue weighted by Gasteiger charge is -1.95. The van der Waals surface area contributed by atoms with Crippen LogP contribution in [0.5, 0.6) is 0 Å². The Hall–Kier alpha value is -2.44. The number of nitrogens with zero attached hydrogens (tertiary/aromatic N) is 4. The fourth-order valence-corrected chi connectivity index (χ4v) is 1.70. The highest BCUT2D eigenvalue weighted by Crippen LogP contribution is 2.38. The summed E-state index contributed by atoms with van der Waals surface area (Å²) in [6.45, 7) is 0.0203. The fourth-order valence-electron chi connectivity index (χ4n) is 1.70. The minimum absolute atomic E-state index is 0.0203. The van der Waals surface area contributed by atoms with Gasteiger partial charge in [0.2, 0.25) is 11.7 Å². The standard InChI is InChI=1S/C13H14N4O3/c1-17-7-9(6-14-17)2-5-12(18)19-8-11-15-13(20-16-11)10-3-4-10/h2,5-7,10H,3-4,8H2,1H3. The number of carbonyl (C=O) groups excluding carboxylic acids is 1. The molecule has 104 valence electrons. The summed E-state index contributed by atoms with van der Waals surface area (Å²) < 4.78 is 11.8. The molecule has 0 aliphatic heterocycles. The zero-order chi connectivity index (χ0) is 13.9. The van der Waals surface area contributed by atoms with Crippen molar-refractivity contribution in [3.05, 3.63) is 35.7 Å². The largest absolute Gasteiger partial charge is 0.454 e. The second-order valence-corrected chi connectivity index (χ2v) is 4.71. The molecule has 0 aromatic carbocycles. The minimum atomic E-state index is -0.452. The molecule has 0 bridgehead atoms. The molecule has 0 amide bonds. The van der Waals surface area contributed by atoms with Gasteiger partial charge in [0, 0.05) is 30.8 Å². The summed E-state index contributed by atoms with van der Waals surface area (Å²) in [5.74, 6) is 0.987. The van der Waals surface area contributed by atoms with Crippen molar-refractivity contribution in [1.29, 1.82) is 0 Å². The zero-order valence-corrected chi connectivity index (χ0v) is 11.0. The van der Waals surface area contributed by atoms with E-state index in [9.17, 15) is 4.79 Å². The molecule has 1 aliphatic rings. The molecule has 0 unspecified atom stereocenters. The van der Waals surface area contributed by atoms with Gasteiger partial charge in [-0.15, -0.1) is 0 Å². The SMILES string of the molecule is Cn1cc(C=CC(=O)OCc2noc(C3CC3)n2)cn1. The Morgan fingerprint density at radius 1 is 1.60 bits per heavy atom. The zero-order valence-electron chi connectivity index (χ0n) is 11.0. The fraction of sp³-hybridized carbons (Fsp3) is 0.385. The van der Waals surface area contributed by atoms with Crippen molar-refractivity contribution < 1.29 is 14.1 Å². The number of esters is 1. The van der Waals surface area contributed by atoms with E-state index < -0.39 is 5.97 Å². The molecular formula is C13H14N4O3. The van der Waals surface area contributed by atoms with Crippen LogP contribution in [-0.2, 0) is 23.2 Å². The van der Waals surface area contributed by atoms with E-state index in [-0.39, 0.29) is 6.61 Å². The Morgan fingerprint density at radius 2 is 2.45 bits per heavy atom. The van der Waals surface area contributed by atoms with Crippen LogP contribution in [0.1, 0.15) is 36.0 Å². The lowest BCUT2D eigenvalue weighted by atomic mass is 10.3. The maximum absolute atomic E-state index is 11.5. The molecule has 2 heterocycles. The van der Waals surface area contributed by atoms with Gasteiger partial charge in [0.15, 0.2) is 6.61 Å². The van der Waals surface area contributed by atoms with Gasteiger partial charge in [-0.05, 0) is 18.9 Å². The highest BCUT2D eigenvalue weighted by molar-refractivity contribution is 5.86. The molecule has 3 rings (SSSR count). The van der Waals surface area contributed by atoms with Gasteiger partial charge in [-0.1, -0.05) is 5.16 Å². The molecular weight excluding hydrogens is 260 g/mol. The van der Waals surface area contributed by atoms with Crippen LogP contribution in [0, 0.1) is 0 Å². The predicted molar refractivity (Wildman–Crippen MR) is 68.3 cm³/mol. The van der Waals surface area contributed by atoms with E-state index in [0.717, 1.165) is 18.4 Å². The van der Waals surface area contributed by atoms with Crippen molar-refractivity contribution in [3.8, 4) is 0 Å². The topological polar surface area (TPSA) is 83.0 Å². The van der Waals surface area contributed by atoms with Gasteiger partial charge in [-0.3, -0.25) is 4.68 Å². The van der Waals surface area contributed by atoms with Crippen molar-refractivity contribution in [3.63, 3.8) is 0 Å². The first-order chi connectivity index (χ1) is 9.70. The third-order valence-electron chi connectivity index (χ3n) is 2.89. The van der Waals surface area contributed by atoms with E-state index >= 15 is 0 Å². The number of aryl methyl sites for hydroxylation is 1. The number of rotatable bonds is 5. The van der Waals surface area contributed by atoms with Gasteiger partial charge in [-0.2, -0.15) is 10.1 Å². The molecule has 1 fully saturated rings. The lowest BCUT2D eigenvalue weighted by molar-refractivity contribution is -0.139. The van der Waals surface area contributed by atoms with Crippen molar-refractivity contribution in [1.82, 2.24) is 19.9 Å². The summed E-state index contributed by atoms with van der Waals surface area (Å²) in [5.41, 5.74) is 0.833. The maximum atomic E-state index is 11.5. The summed E-state index contributed by atoms with van der Waals surface area (Å²) in [6.07, 6.45) is 8.63. The van der Waals surface area contributed by atoms with Crippen LogP contribution >= 0.6 is 0 Å². The van der Waals surface area contributed by atoms with Crippen molar-refractivity contribution in [2.75, 3.05) is 0 Å². The van der Waals surface area contributed by atoms with E-state index in [4.69, 9.17) is 9.26 Å². The van der Waals surface area contributed by atoms with Crippen LogP contribution in [0.3, 0.4) is 0 Å². The van der Waals surface area contributed by atoms with E-state index in [1.807, 2.05) is 7.05 Å². The Morgan fingerprint density at radius 3 is 3.15 bits per heavy atom. The molecule has 0 atom stereocenters. The first-order valence-corrected chi connectivity index (χ1v) is 6.36. The van der Waals surface area contributed by atoms with Crippen LogP contribution in [0.4, 0.5) is 0 Å². The van der Waals surface area contributed by atoms with Gasteiger partial charge in [0.25, 0.3) is 0 Å². The normalized spacial score (nSPS) is 14.8. The first kappa shape index (κ1) is 12.6. The monoisotopic (exact) mass is 274 g/mol. The molecule has 1 aliphatic carbocycles. The quantitative estimate of drug-likeness (QED) is 0.606. The molecule has 7 nitrogen and oxygen atoms in total. The Balaban J connectivity index is 1.49. The number of carbonyl (C=O) groups is 1. The van der Waals surface area contributed by atoms with Gasteiger partial charge in [0.05, 0.1) is 6.20 Å². The molecule has 0 saturated heterocycles. The summed E-state index contributed by atoms with van der Waals surface area (Å²) >= 11 is 0. The summed E-state index contributed by atoms with van der Waals surface area (Å²) in [6, 6.07) is 0. The molecule has 7 heteroatoms. The van der Waals surface area contributed by atoms with E-state index in [1.54, 1.807) is 23.2 Å². The van der Waals surface area contributed by atoms with Crippen LogP contribution in [0.2, 0.25) is 0 Å². The molecule has 0 spiro atoms. The lowest BCUT2D eigenvalue weighted by Crippen LogP contribution is -2.02. The molecule has 20 heavy (non-hydrogen) atoms. The minimum Gasteiger partial charge on any atom is -0.454 e. The van der Waals surface area contributed by atoms with Crippen LogP contribution in [0.25, 0.3) is 6.08 Å². The Labute approximate surface area is 115 Å². The second-order valence-electron chi connectivity index (χ2n) is 4.71. The Bertz CT molecular complexity index is 640. The number of aromatic nitrogens is 4. The van der Waals surface area contributed by atoms with Crippen LogP contribution < -0.4 is 0 Å². The molecule has 0 N–H and O–H groups in total. The van der Waals surface area contributed by atoms with Crippen LogP contribution in [-0.4, -0.2) is 25.9 Å². The van der Waals surface area contributed by atoms with Gasteiger partial charge < -0.3 is 9.26 Å². The second kappa shape index (κ2) is 5.28. The van der Waals surface area contributed by atoms with E-state index in [1.165, 1.54) is 6.08 Å². The molecule has 2 aromatic heterocycles. The summed E-state index contributed by atoms with van der Waals surface area (Å²) in [7, 11) is 1.81. The number of ether oxygens (including phenoxy) is 1. The summed E-state index contributed by atoms with van der Waals surface area (Å²) in [5, 5.41) is 7.76. The highest BCUT2D eigenvalue weighted by Gasteiger charge is 2.29. The highest BCUT2D eigenvalue weighted by atomic mass is 16.5. The predicted octanol–water partition coefficient (Wildman–Crippen LogP) is 1.44. The number of hydrogen-bond acceptors (Lipinski definition) is 6. The average Bonchev–Trinajstić information content (AvgIpc) is 3.03. The number of hydrogen-bond donors (Lipinski definition) is 0. The average molecular weight is 274 g/mol. The van der Waals surface area contributed by atoms with Gasteiger partial charge in [-0.25, -0.2) is 4.79 Å². The van der Waals surface area contributed by atoms with Crippen molar-refractivity contribution in [2.24, 2.45) is 7.05 Å². The molecule has 1 saturated carbocycles. The molecule has 2 aromatic rings. The summed E-state index contributed by atoms with van der Waals surface area (Å²) in [4.78, 5) is 15.7. The van der Waals surface area contributed by atoms with Crippen LogP contribution in [0.15, 0.2) is 23.0 Å². The third-order valence-corrected chi connectivity index (χ3v) is 2.89.